The lowest BCUT2D eigenvalue weighted by Gasteiger charge is -2.29. The first-order valence-corrected chi connectivity index (χ1v) is 9.56. The maximum absolute atomic E-state index is 12.8. The number of benzene rings is 1. The molecule has 4 rings (SSSR count). The Kier molecular flexibility index (Phi) is 4.71. The highest BCUT2D eigenvalue weighted by Crippen LogP contribution is 2.30. The molecule has 0 bridgehead atoms. The van der Waals surface area contributed by atoms with Crippen LogP contribution in [0.3, 0.4) is 0 Å². The fraction of sp³-hybridized carbons (Fsp3) is 0.476. The van der Waals surface area contributed by atoms with E-state index in [1.54, 1.807) is 11.0 Å². The summed E-state index contributed by atoms with van der Waals surface area (Å²) < 4.78 is 0. The second-order valence-corrected chi connectivity index (χ2v) is 7.61. The summed E-state index contributed by atoms with van der Waals surface area (Å²) in [6, 6.07) is 5.26. The molecule has 1 unspecified atom stereocenters. The largest absolute Gasteiger partial charge is 0.328 e. The predicted molar refractivity (Wildman–Crippen MR) is 99.3 cm³/mol. The standard InChI is InChI=1S/C21H23N3O3/c22-15-8-5-13(6-9-15)4-7-14-2-1-3-16-17(14)12-24(21(16)27)18-10-11-19(25)23-20(18)26/h1-3,13,15,18H,5-6,8-12,22H2,(H,23,25,26)/t13-,15-,18?. The van der Waals surface area contributed by atoms with Gasteiger partial charge >= 0.3 is 0 Å². The second kappa shape index (κ2) is 7.16. The van der Waals surface area contributed by atoms with E-state index in [0.29, 0.717) is 30.5 Å². The van der Waals surface area contributed by atoms with Gasteiger partial charge in [0.15, 0.2) is 0 Å². The van der Waals surface area contributed by atoms with Gasteiger partial charge in [0.05, 0.1) is 0 Å². The van der Waals surface area contributed by atoms with E-state index in [4.69, 9.17) is 5.73 Å². The van der Waals surface area contributed by atoms with Gasteiger partial charge in [0.1, 0.15) is 6.04 Å². The van der Waals surface area contributed by atoms with Crippen LogP contribution < -0.4 is 11.1 Å². The number of nitrogens with one attached hydrogen (secondary N) is 1. The van der Waals surface area contributed by atoms with Crippen molar-refractivity contribution in [3.63, 3.8) is 0 Å². The van der Waals surface area contributed by atoms with Gasteiger partial charge in [-0.25, -0.2) is 0 Å². The van der Waals surface area contributed by atoms with E-state index in [-0.39, 0.29) is 18.2 Å². The number of hydrogen-bond donors (Lipinski definition) is 2. The second-order valence-electron chi connectivity index (χ2n) is 7.61. The molecule has 0 radical (unpaired) electrons. The monoisotopic (exact) mass is 365 g/mol. The molecule has 140 valence electrons. The molecule has 2 aliphatic heterocycles. The molecule has 3 aliphatic rings. The minimum absolute atomic E-state index is 0.160. The average molecular weight is 365 g/mol. The van der Waals surface area contributed by atoms with Crippen molar-refractivity contribution in [2.24, 2.45) is 11.7 Å². The molecule has 1 saturated heterocycles. The molecule has 0 spiro atoms. The maximum Gasteiger partial charge on any atom is 0.255 e. The number of imide groups is 1. The third-order valence-electron chi connectivity index (χ3n) is 5.76. The molecule has 2 heterocycles. The average Bonchev–Trinajstić information content (AvgIpc) is 2.99. The van der Waals surface area contributed by atoms with Crippen molar-refractivity contribution in [1.29, 1.82) is 0 Å². The van der Waals surface area contributed by atoms with Gasteiger partial charge in [-0.2, -0.15) is 0 Å². The lowest BCUT2D eigenvalue weighted by molar-refractivity contribution is -0.136. The summed E-state index contributed by atoms with van der Waals surface area (Å²) in [5.74, 6) is 6.14. The van der Waals surface area contributed by atoms with Crippen molar-refractivity contribution >= 4 is 17.7 Å². The molecule has 2 fully saturated rings. The first kappa shape index (κ1) is 17.7. The van der Waals surface area contributed by atoms with Crippen molar-refractivity contribution in [2.75, 3.05) is 0 Å². The van der Waals surface area contributed by atoms with Crippen LogP contribution in [0.5, 0.6) is 0 Å². The Labute approximate surface area is 158 Å². The number of rotatable bonds is 1. The molecule has 1 aliphatic carbocycles. The summed E-state index contributed by atoms with van der Waals surface area (Å²) in [4.78, 5) is 37.9. The Morgan fingerprint density at radius 3 is 2.59 bits per heavy atom. The zero-order valence-electron chi connectivity index (χ0n) is 15.2. The number of amides is 3. The van der Waals surface area contributed by atoms with Crippen LogP contribution >= 0.6 is 0 Å². The highest BCUT2D eigenvalue weighted by atomic mass is 16.2. The Balaban J connectivity index is 1.55. The molecule has 3 amide bonds. The minimum Gasteiger partial charge on any atom is -0.328 e. The number of nitrogens with zero attached hydrogens (tertiary/aromatic N) is 1. The molecule has 3 N–H and O–H groups in total. The van der Waals surface area contributed by atoms with Gasteiger partial charge in [0, 0.05) is 36.1 Å². The first-order valence-electron chi connectivity index (χ1n) is 9.56. The van der Waals surface area contributed by atoms with Crippen molar-refractivity contribution in [3.05, 3.63) is 34.9 Å². The van der Waals surface area contributed by atoms with Gasteiger partial charge in [0.25, 0.3) is 5.91 Å². The fourth-order valence-corrected chi connectivity index (χ4v) is 4.15. The molecule has 6 heteroatoms. The summed E-state index contributed by atoms with van der Waals surface area (Å²) in [5, 5.41) is 2.33. The van der Waals surface area contributed by atoms with Crippen molar-refractivity contribution in [2.45, 2.75) is 57.2 Å². The quantitative estimate of drug-likeness (QED) is 0.580. The van der Waals surface area contributed by atoms with Crippen LogP contribution in [0.2, 0.25) is 0 Å². The van der Waals surface area contributed by atoms with Gasteiger partial charge in [-0.15, -0.1) is 0 Å². The minimum atomic E-state index is -0.594. The molecule has 6 nitrogen and oxygen atoms in total. The maximum atomic E-state index is 12.8. The van der Waals surface area contributed by atoms with Crippen molar-refractivity contribution in [3.8, 4) is 11.8 Å². The van der Waals surface area contributed by atoms with Gasteiger partial charge in [-0.1, -0.05) is 17.9 Å². The smallest absolute Gasteiger partial charge is 0.255 e. The summed E-state index contributed by atoms with van der Waals surface area (Å²) in [6.45, 7) is 0.362. The van der Waals surface area contributed by atoms with Crippen molar-refractivity contribution in [1.82, 2.24) is 10.2 Å². The molecule has 0 aromatic heterocycles. The molecular formula is C21H23N3O3. The lowest BCUT2D eigenvalue weighted by Crippen LogP contribution is -2.52. The van der Waals surface area contributed by atoms with E-state index < -0.39 is 11.9 Å². The number of hydrogen-bond acceptors (Lipinski definition) is 4. The zero-order chi connectivity index (χ0) is 19.0. The number of nitrogens with two attached hydrogens (primary N) is 1. The predicted octanol–water partition coefficient (Wildman–Crippen LogP) is 1.32. The highest BCUT2D eigenvalue weighted by molar-refractivity contribution is 6.05. The molecule has 27 heavy (non-hydrogen) atoms. The van der Waals surface area contributed by atoms with Crippen LogP contribution in [0.4, 0.5) is 0 Å². The van der Waals surface area contributed by atoms with E-state index in [0.717, 1.165) is 36.8 Å². The SMILES string of the molecule is N[C@H]1CC[C@H](C#Cc2cccc3c2CN(C2CCC(=O)NC2=O)C3=O)CC1. The third-order valence-corrected chi connectivity index (χ3v) is 5.76. The number of piperidine rings is 1. The normalized spacial score (nSPS) is 27.7. The van der Waals surface area contributed by atoms with Crippen LogP contribution in [-0.2, 0) is 16.1 Å². The van der Waals surface area contributed by atoms with Crippen LogP contribution in [0.25, 0.3) is 0 Å². The Bertz CT molecular complexity index is 859. The van der Waals surface area contributed by atoms with Crippen LogP contribution in [0, 0.1) is 17.8 Å². The first-order chi connectivity index (χ1) is 13.0. The van der Waals surface area contributed by atoms with Crippen LogP contribution in [0.15, 0.2) is 18.2 Å². The molecule has 1 aromatic rings. The Hall–Kier alpha value is -2.65. The summed E-state index contributed by atoms with van der Waals surface area (Å²) >= 11 is 0. The number of carbonyl (C=O) groups is 3. The summed E-state index contributed by atoms with van der Waals surface area (Å²) in [5.41, 5.74) is 8.30. The van der Waals surface area contributed by atoms with E-state index >= 15 is 0 Å². The highest BCUT2D eigenvalue weighted by Gasteiger charge is 2.39. The number of fused-ring (bicyclic) bond motifs is 1. The summed E-state index contributed by atoms with van der Waals surface area (Å²) in [7, 11) is 0. The Morgan fingerprint density at radius 2 is 1.85 bits per heavy atom. The lowest BCUT2D eigenvalue weighted by atomic mass is 9.86. The van der Waals surface area contributed by atoms with E-state index in [9.17, 15) is 14.4 Å². The van der Waals surface area contributed by atoms with Crippen molar-refractivity contribution < 1.29 is 14.4 Å². The van der Waals surface area contributed by atoms with E-state index in [1.165, 1.54) is 0 Å². The fourth-order valence-electron chi connectivity index (χ4n) is 4.15. The molecule has 1 aromatic carbocycles. The molecule has 1 atom stereocenters. The Morgan fingerprint density at radius 1 is 1.07 bits per heavy atom. The van der Waals surface area contributed by atoms with E-state index in [2.05, 4.69) is 17.2 Å². The van der Waals surface area contributed by atoms with Crippen LogP contribution in [-0.4, -0.2) is 34.7 Å². The third kappa shape index (κ3) is 3.47. The number of carbonyl (C=O) groups excluding carboxylic acids is 3. The topological polar surface area (TPSA) is 92.5 Å². The van der Waals surface area contributed by atoms with Gasteiger partial charge in [0.2, 0.25) is 11.8 Å². The van der Waals surface area contributed by atoms with Crippen LogP contribution in [0.1, 0.15) is 60.0 Å². The van der Waals surface area contributed by atoms with Gasteiger partial charge in [-0.3, -0.25) is 19.7 Å². The summed E-state index contributed by atoms with van der Waals surface area (Å²) in [6.07, 6.45) is 4.68. The zero-order valence-corrected chi connectivity index (χ0v) is 15.2. The van der Waals surface area contributed by atoms with Gasteiger partial charge < -0.3 is 10.6 Å². The molecule has 1 saturated carbocycles. The van der Waals surface area contributed by atoms with Gasteiger partial charge in [-0.05, 0) is 49.8 Å². The van der Waals surface area contributed by atoms with E-state index in [1.807, 2.05) is 12.1 Å². The molecular weight excluding hydrogens is 342 g/mol.